The van der Waals surface area contributed by atoms with E-state index in [1.54, 1.807) is 0 Å². The van der Waals surface area contributed by atoms with E-state index in [4.69, 9.17) is 0 Å². The summed E-state index contributed by atoms with van der Waals surface area (Å²) in [5, 5.41) is 2.50. The molecule has 0 spiro atoms. The largest absolute Gasteiger partial charge is 0.310 e. The summed E-state index contributed by atoms with van der Waals surface area (Å²) in [6.07, 6.45) is 0. The van der Waals surface area contributed by atoms with Crippen LogP contribution in [0.4, 0.5) is 17.1 Å². The zero-order valence-corrected chi connectivity index (χ0v) is 34.1. The van der Waals surface area contributed by atoms with Gasteiger partial charge in [0, 0.05) is 33.5 Å². The fourth-order valence-electron chi connectivity index (χ4n) is 9.15. The van der Waals surface area contributed by atoms with Gasteiger partial charge in [0.1, 0.15) is 0 Å². The molecule has 0 amide bonds. The second kappa shape index (κ2) is 16.1. The van der Waals surface area contributed by atoms with Crippen LogP contribution in [0.15, 0.2) is 255 Å². The highest BCUT2D eigenvalue weighted by molar-refractivity contribution is 6.09. The molecular formula is C60H42N2. The molecule has 10 aromatic carbocycles. The first-order valence-electron chi connectivity index (χ1n) is 21.3. The average molecular weight is 791 g/mol. The van der Waals surface area contributed by atoms with Crippen LogP contribution in [0.3, 0.4) is 0 Å². The summed E-state index contributed by atoms with van der Waals surface area (Å²) in [4.78, 5) is 2.38. The maximum Gasteiger partial charge on any atom is 0.0541 e. The van der Waals surface area contributed by atoms with Crippen molar-refractivity contribution in [3.8, 4) is 61.3 Å². The van der Waals surface area contributed by atoms with Gasteiger partial charge in [-0.2, -0.15) is 0 Å². The number of aromatic nitrogens is 1. The summed E-state index contributed by atoms with van der Waals surface area (Å²) < 4.78 is 2.39. The van der Waals surface area contributed by atoms with Gasteiger partial charge in [0.25, 0.3) is 0 Å². The van der Waals surface area contributed by atoms with Gasteiger partial charge in [-0.15, -0.1) is 0 Å². The fourth-order valence-corrected chi connectivity index (χ4v) is 9.15. The number of benzene rings is 10. The molecular weight excluding hydrogens is 749 g/mol. The molecule has 0 N–H and O–H groups in total. The van der Waals surface area contributed by atoms with E-state index >= 15 is 0 Å². The number of para-hydroxylation sites is 2. The van der Waals surface area contributed by atoms with Crippen molar-refractivity contribution >= 4 is 38.9 Å². The third-order valence-electron chi connectivity index (χ3n) is 12.0. The fraction of sp³-hybridized carbons (Fsp3) is 0. The van der Waals surface area contributed by atoms with Crippen LogP contribution in [0.5, 0.6) is 0 Å². The van der Waals surface area contributed by atoms with Crippen molar-refractivity contribution in [1.82, 2.24) is 4.57 Å². The Balaban J connectivity index is 1.06. The first-order valence-corrected chi connectivity index (χ1v) is 21.3. The Morgan fingerprint density at radius 3 is 1.24 bits per heavy atom. The second-order valence-corrected chi connectivity index (χ2v) is 15.7. The molecule has 0 saturated carbocycles. The summed E-state index contributed by atoms with van der Waals surface area (Å²) in [6, 6.07) is 92.0. The number of hydrogen-bond donors (Lipinski definition) is 0. The molecule has 1 heterocycles. The predicted molar refractivity (Wildman–Crippen MR) is 263 cm³/mol. The molecule has 0 radical (unpaired) electrons. The van der Waals surface area contributed by atoms with E-state index in [1.807, 2.05) is 0 Å². The van der Waals surface area contributed by atoms with E-state index in [2.05, 4.69) is 264 Å². The molecule has 1 aromatic heterocycles. The van der Waals surface area contributed by atoms with Crippen molar-refractivity contribution in [3.63, 3.8) is 0 Å². The van der Waals surface area contributed by atoms with Crippen LogP contribution in [-0.4, -0.2) is 4.57 Å². The van der Waals surface area contributed by atoms with E-state index in [1.165, 1.54) is 71.9 Å². The minimum absolute atomic E-state index is 1.08. The molecule has 0 saturated heterocycles. The number of anilines is 3. The van der Waals surface area contributed by atoms with Crippen molar-refractivity contribution in [1.29, 1.82) is 0 Å². The summed E-state index contributed by atoms with van der Waals surface area (Å²) in [7, 11) is 0. The third kappa shape index (κ3) is 6.74. The van der Waals surface area contributed by atoms with Crippen molar-refractivity contribution in [3.05, 3.63) is 255 Å². The Labute approximate surface area is 362 Å². The molecule has 11 aromatic rings. The SMILES string of the molecule is c1ccc(-c2ccc(N(c3ccc(-c4cccc(-c5ccccc5)c4-c4ccccc4-c4ccccc4)cc3)c3cccc(-n4c5ccccc5c5ccccc54)c3)cc2)cc1. The lowest BCUT2D eigenvalue weighted by atomic mass is 9.84. The number of nitrogens with zero attached hydrogens (tertiary/aromatic N) is 2. The highest BCUT2D eigenvalue weighted by atomic mass is 15.1. The van der Waals surface area contributed by atoms with Gasteiger partial charge >= 0.3 is 0 Å². The molecule has 62 heavy (non-hydrogen) atoms. The number of rotatable bonds is 9. The van der Waals surface area contributed by atoms with Crippen molar-refractivity contribution in [2.75, 3.05) is 4.90 Å². The lowest BCUT2D eigenvalue weighted by Crippen LogP contribution is -2.10. The van der Waals surface area contributed by atoms with E-state index < -0.39 is 0 Å². The van der Waals surface area contributed by atoms with Crippen LogP contribution in [0.25, 0.3) is 83.1 Å². The Morgan fingerprint density at radius 1 is 0.258 bits per heavy atom. The van der Waals surface area contributed by atoms with Crippen molar-refractivity contribution in [2.24, 2.45) is 0 Å². The Hall–Kier alpha value is -8.20. The summed E-state index contributed by atoms with van der Waals surface area (Å²) in [5.74, 6) is 0. The molecule has 11 rings (SSSR count). The van der Waals surface area contributed by atoms with E-state index in [9.17, 15) is 0 Å². The number of hydrogen-bond acceptors (Lipinski definition) is 1. The predicted octanol–water partition coefficient (Wildman–Crippen LogP) is 16.6. The zero-order chi connectivity index (χ0) is 41.2. The first kappa shape index (κ1) is 36.8. The molecule has 0 aliphatic carbocycles. The van der Waals surface area contributed by atoms with Crippen molar-refractivity contribution < 1.29 is 0 Å². The molecule has 292 valence electrons. The number of fused-ring (bicyclic) bond motifs is 3. The van der Waals surface area contributed by atoms with E-state index in [-0.39, 0.29) is 0 Å². The Kier molecular flexibility index (Phi) is 9.57. The highest BCUT2D eigenvalue weighted by Gasteiger charge is 2.20. The minimum Gasteiger partial charge on any atom is -0.310 e. The molecule has 0 aliphatic heterocycles. The molecule has 0 fully saturated rings. The molecule has 0 atom stereocenters. The van der Waals surface area contributed by atoms with E-state index in [0.717, 1.165) is 28.3 Å². The third-order valence-corrected chi connectivity index (χ3v) is 12.0. The van der Waals surface area contributed by atoms with Gasteiger partial charge in [-0.1, -0.05) is 200 Å². The summed E-state index contributed by atoms with van der Waals surface area (Å²) in [6.45, 7) is 0. The smallest absolute Gasteiger partial charge is 0.0541 e. The summed E-state index contributed by atoms with van der Waals surface area (Å²) in [5.41, 5.74) is 18.7. The monoisotopic (exact) mass is 790 g/mol. The van der Waals surface area contributed by atoms with Crippen molar-refractivity contribution in [2.45, 2.75) is 0 Å². The van der Waals surface area contributed by atoms with Crippen LogP contribution in [-0.2, 0) is 0 Å². The standard InChI is InChI=1S/C60H42N2/c1-4-18-43(19-5-1)44-34-38-48(39-35-44)61(50-24-16-25-51(42-50)62-58-32-14-12-27-55(58)56-28-13-15-33-59(56)62)49-40-36-47(37-41-49)54-31-17-30-53(46-22-8-3-9-23-46)60(54)57-29-11-10-26-52(57)45-20-6-2-7-21-45/h1-42H. The lowest BCUT2D eigenvalue weighted by Gasteiger charge is -2.27. The normalized spacial score (nSPS) is 11.2. The zero-order valence-electron chi connectivity index (χ0n) is 34.1. The molecule has 0 aliphatic rings. The maximum absolute atomic E-state index is 2.39. The Morgan fingerprint density at radius 2 is 0.661 bits per heavy atom. The average Bonchev–Trinajstić information content (AvgIpc) is 3.70. The van der Waals surface area contributed by atoms with Gasteiger partial charge in [0.05, 0.1) is 11.0 Å². The van der Waals surface area contributed by atoms with Crippen LogP contribution in [0.1, 0.15) is 0 Å². The maximum atomic E-state index is 2.39. The topological polar surface area (TPSA) is 8.17 Å². The van der Waals surface area contributed by atoms with E-state index in [0.29, 0.717) is 0 Å². The van der Waals surface area contributed by atoms with Crippen LogP contribution >= 0.6 is 0 Å². The second-order valence-electron chi connectivity index (χ2n) is 15.7. The van der Waals surface area contributed by atoms with Gasteiger partial charge in [-0.25, -0.2) is 0 Å². The van der Waals surface area contributed by atoms with Gasteiger partial charge in [-0.3, -0.25) is 0 Å². The quantitative estimate of drug-likeness (QED) is 0.141. The molecule has 2 nitrogen and oxygen atoms in total. The van der Waals surface area contributed by atoms with Crippen LogP contribution in [0.2, 0.25) is 0 Å². The molecule has 2 heteroatoms. The van der Waals surface area contributed by atoms with Gasteiger partial charge in [0.2, 0.25) is 0 Å². The Bertz CT molecular complexity index is 3260. The van der Waals surface area contributed by atoms with Crippen LogP contribution < -0.4 is 4.90 Å². The van der Waals surface area contributed by atoms with Gasteiger partial charge < -0.3 is 9.47 Å². The van der Waals surface area contributed by atoms with Gasteiger partial charge in [0.15, 0.2) is 0 Å². The molecule has 0 unspecified atom stereocenters. The highest BCUT2D eigenvalue weighted by Crippen LogP contribution is 2.45. The van der Waals surface area contributed by atoms with Crippen LogP contribution in [0, 0.1) is 0 Å². The lowest BCUT2D eigenvalue weighted by molar-refractivity contribution is 1.17. The molecule has 0 bridgehead atoms. The summed E-state index contributed by atoms with van der Waals surface area (Å²) >= 11 is 0. The van der Waals surface area contributed by atoms with Gasteiger partial charge in [-0.05, 0) is 110 Å². The first-order chi connectivity index (χ1) is 30.8. The minimum atomic E-state index is 1.08.